The molecule has 8 atom stereocenters. The Morgan fingerprint density at radius 3 is 2.64 bits per heavy atom. The van der Waals surface area contributed by atoms with E-state index in [9.17, 15) is 19.8 Å². The molecule has 0 amide bonds. The summed E-state index contributed by atoms with van der Waals surface area (Å²) in [6, 6.07) is 0. The monoisotopic (exact) mass is 452 g/mol. The molecule has 28 heavy (non-hydrogen) atoms. The van der Waals surface area contributed by atoms with Gasteiger partial charge in [-0.2, -0.15) is 0 Å². The summed E-state index contributed by atoms with van der Waals surface area (Å²) >= 11 is 3.91. The molecule has 3 saturated carbocycles. The number of alkyl halides is 1. The third kappa shape index (κ3) is 2.94. The predicted octanol–water partition coefficient (Wildman–Crippen LogP) is 4.73. The van der Waals surface area contributed by atoms with Crippen molar-refractivity contribution in [3.63, 3.8) is 0 Å². The molecule has 156 valence electrons. The molecular weight excluding hydrogens is 420 g/mol. The van der Waals surface area contributed by atoms with E-state index in [0.717, 1.165) is 38.5 Å². The number of hydrogen-bond donors (Lipinski definition) is 2. The molecule has 2 unspecified atom stereocenters. The van der Waals surface area contributed by atoms with Gasteiger partial charge in [0.05, 0.1) is 12.0 Å². The first kappa shape index (κ1) is 20.6. The molecule has 0 heterocycles. The number of ketones is 1. The number of hydrogen-bond acceptors (Lipinski definition) is 3. The van der Waals surface area contributed by atoms with Crippen molar-refractivity contribution in [3.05, 3.63) is 11.6 Å². The molecule has 0 aliphatic heterocycles. The van der Waals surface area contributed by atoms with Crippen molar-refractivity contribution in [2.45, 2.75) is 82.6 Å². The maximum atomic E-state index is 12.1. The van der Waals surface area contributed by atoms with Crippen LogP contribution in [0.1, 0.15) is 72.1 Å². The van der Waals surface area contributed by atoms with E-state index in [1.165, 1.54) is 5.57 Å². The largest absolute Gasteiger partial charge is 0.481 e. The van der Waals surface area contributed by atoms with Crippen LogP contribution in [0.3, 0.4) is 0 Å². The number of allylic oxidation sites excluding steroid dienone is 1. The zero-order valence-electron chi connectivity index (χ0n) is 17.2. The normalized spacial score (nSPS) is 47.4. The Bertz CT molecular complexity index is 728. The second-order valence-corrected chi connectivity index (χ2v) is 11.8. The van der Waals surface area contributed by atoms with Crippen molar-refractivity contribution in [1.82, 2.24) is 0 Å². The molecule has 0 aromatic rings. The van der Waals surface area contributed by atoms with Gasteiger partial charge in [0.2, 0.25) is 0 Å². The van der Waals surface area contributed by atoms with Gasteiger partial charge < -0.3 is 10.2 Å². The predicted molar refractivity (Wildman–Crippen MR) is 111 cm³/mol. The molecule has 5 heteroatoms. The molecule has 0 spiro atoms. The van der Waals surface area contributed by atoms with E-state index in [2.05, 4.69) is 29.8 Å². The Balaban J connectivity index is 1.65. The van der Waals surface area contributed by atoms with Crippen molar-refractivity contribution in [1.29, 1.82) is 0 Å². The summed E-state index contributed by atoms with van der Waals surface area (Å²) in [6.07, 6.45) is 8.53. The lowest BCUT2D eigenvalue weighted by atomic mass is 9.46. The summed E-state index contributed by atoms with van der Waals surface area (Å²) in [7, 11) is 0. The molecule has 0 saturated heterocycles. The zero-order chi connectivity index (χ0) is 20.5. The van der Waals surface area contributed by atoms with E-state index in [1.807, 2.05) is 6.08 Å². The van der Waals surface area contributed by atoms with Crippen LogP contribution in [0.4, 0.5) is 0 Å². The van der Waals surface area contributed by atoms with Crippen LogP contribution in [-0.4, -0.2) is 32.4 Å². The van der Waals surface area contributed by atoms with Gasteiger partial charge >= 0.3 is 5.97 Å². The SMILES string of the molecule is CC(O)(CC(=O)O)[C@H]1CC[C@H]2[C@@H]3CC(Br)C4=CC(=O)CC[C@]4(C)[C@H]3CC[C@]12C. The first-order valence-electron chi connectivity index (χ1n) is 10.8. The van der Waals surface area contributed by atoms with Gasteiger partial charge in [-0.25, -0.2) is 0 Å². The number of rotatable bonds is 3. The van der Waals surface area contributed by atoms with Gasteiger partial charge in [-0.1, -0.05) is 29.8 Å². The zero-order valence-corrected chi connectivity index (χ0v) is 18.8. The van der Waals surface area contributed by atoms with Gasteiger partial charge in [0, 0.05) is 11.2 Å². The van der Waals surface area contributed by atoms with Crippen molar-refractivity contribution in [2.75, 3.05) is 0 Å². The van der Waals surface area contributed by atoms with E-state index >= 15 is 0 Å². The minimum atomic E-state index is -1.16. The number of carbonyl (C=O) groups is 2. The van der Waals surface area contributed by atoms with E-state index < -0.39 is 11.6 Å². The molecule has 3 fully saturated rings. The number of fused-ring (bicyclic) bond motifs is 5. The average Bonchev–Trinajstić information content (AvgIpc) is 2.94. The molecule has 0 aromatic carbocycles. The fraction of sp³-hybridized carbons (Fsp3) is 0.826. The summed E-state index contributed by atoms with van der Waals surface area (Å²) in [5.74, 6) is 1.06. The molecule has 4 aliphatic carbocycles. The Hall–Kier alpha value is -0.680. The fourth-order valence-electron chi connectivity index (χ4n) is 8.01. The van der Waals surface area contributed by atoms with Gasteiger partial charge in [0.1, 0.15) is 0 Å². The number of aliphatic hydroxyl groups is 1. The Kier molecular flexibility index (Phi) is 4.90. The van der Waals surface area contributed by atoms with E-state index in [4.69, 9.17) is 0 Å². The van der Waals surface area contributed by atoms with Crippen LogP contribution in [0.15, 0.2) is 11.6 Å². The average molecular weight is 453 g/mol. The van der Waals surface area contributed by atoms with Crippen molar-refractivity contribution >= 4 is 27.7 Å². The second kappa shape index (κ2) is 6.66. The van der Waals surface area contributed by atoms with Gasteiger partial charge in [-0.05, 0) is 91.6 Å². The Morgan fingerprint density at radius 2 is 1.96 bits per heavy atom. The summed E-state index contributed by atoms with van der Waals surface area (Å²) in [4.78, 5) is 23.7. The third-order valence-electron chi connectivity index (χ3n) is 9.20. The first-order chi connectivity index (χ1) is 13.0. The third-order valence-corrected chi connectivity index (χ3v) is 10.1. The maximum Gasteiger partial charge on any atom is 0.306 e. The lowest BCUT2D eigenvalue weighted by molar-refractivity contribution is -0.150. The van der Waals surface area contributed by atoms with Gasteiger partial charge in [0.25, 0.3) is 0 Å². The minimum Gasteiger partial charge on any atom is -0.481 e. The number of halogens is 1. The fourth-order valence-corrected chi connectivity index (χ4v) is 9.10. The highest BCUT2D eigenvalue weighted by molar-refractivity contribution is 9.09. The van der Waals surface area contributed by atoms with Crippen LogP contribution in [0, 0.1) is 34.5 Å². The summed E-state index contributed by atoms with van der Waals surface area (Å²) in [5.41, 5.74) is 0.237. The van der Waals surface area contributed by atoms with E-state index in [-0.39, 0.29) is 33.8 Å². The topological polar surface area (TPSA) is 74.6 Å². The highest BCUT2D eigenvalue weighted by atomic mass is 79.9. The molecule has 0 aromatic heterocycles. The lowest BCUT2D eigenvalue weighted by Gasteiger charge is -2.60. The second-order valence-electron chi connectivity index (χ2n) is 10.7. The minimum absolute atomic E-state index is 0.00506. The first-order valence-corrected chi connectivity index (χ1v) is 11.7. The highest BCUT2D eigenvalue weighted by Gasteiger charge is 2.62. The quantitative estimate of drug-likeness (QED) is 0.606. The van der Waals surface area contributed by atoms with Gasteiger partial charge in [-0.15, -0.1) is 0 Å². The molecule has 0 radical (unpaired) electrons. The number of carbonyl (C=O) groups excluding carboxylic acids is 1. The van der Waals surface area contributed by atoms with Gasteiger partial charge in [0.15, 0.2) is 5.78 Å². The number of aliphatic carboxylic acids is 1. The Labute approximate surface area is 176 Å². The van der Waals surface area contributed by atoms with Gasteiger partial charge in [-0.3, -0.25) is 9.59 Å². The van der Waals surface area contributed by atoms with Crippen LogP contribution in [0.5, 0.6) is 0 Å². The molecule has 4 aliphatic rings. The summed E-state index contributed by atoms with van der Waals surface area (Å²) in [5, 5.41) is 20.4. The van der Waals surface area contributed by atoms with Crippen LogP contribution in [0.2, 0.25) is 0 Å². The van der Waals surface area contributed by atoms with Crippen LogP contribution >= 0.6 is 15.9 Å². The van der Waals surface area contributed by atoms with Crippen molar-refractivity contribution in [2.24, 2.45) is 34.5 Å². The molecule has 4 nitrogen and oxygen atoms in total. The molecule has 0 bridgehead atoms. The maximum absolute atomic E-state index is 12.1. The van der Waals surface area contributed by atoms with Crippen molar-refractivity contribution in [3.8, 4) is 0 Å². The van der Waals surface area contributed by atoms with Crippen LogP contribution in [0.25, 0.3) is 0 Å². The van der Waals surface area contributed by atoms with Crippen LogP contribution < -0.4 is 0 Å². The molecular formula is C23H33BrO4. The standard InChI is InChI=1S/C23H33BrO4/c1-21-8-6-13(25)10-17(21)18(24)11-14-15-4-5-19(23(3,28)12-20(26)27)22(15,2)9-7-16(14)21/h10,14-16,18-19,28H,4-9,11-12H2,1-3H3,(H,26,27)/t14-,15-,16-,18?,19-,21+,22-,23?/m0/s1. The van der Waals surface area contributed by atoms with E-state index in [1.54, 1.807) is 6.92 Å². The Morgan fingerprint density at radius 1 is 1.25 bits per heavy atom. The summed E-state index contributed by atoms with van der Waals surface area (Å²) in [6.45, 7) is 6.41. The number of carboxylic acids is 1. The highest BCUT2D eigenvalue weighted by Crippen LogP contribution is 2.68. The van der Waals surface area contributed by atoms with Crippen LogP contribution in [-0.2, 0) is 9.59 Å². The number of carboxylic acid groups (broad SMARTS) is 1. The smallest absolute Gasteiger partial charge is 0.306 e. The molecule has 4 rings (SSSR count). The summed E-state index contributed by atoms with van der Waals surface area (Å²) < 4.78 is 0. The van der Waals surface area contributed by atoms with Crippen molar-refractivity contribution < 1.29 is 19.8 Å². The lowest BCUT2D eigenvalue weighted by Crippen LogP contribution is -2.55. The molecule has 2 N–H and O–H groups in total. The van der Waals surface area contributed by atoms with E-state index in [0.29, 0.717) is 24.2 Å².